The van der Waals surface area contributed by atoms with Crippen LogP contribution in [0, 0.1) is 0 Å². The minimum Gasteiger partial charge on any atom is -0.378 e. The summed E-state index contributed by atoms with van der Waals surface area (Å²) in [6.45, 7) is 7.31. The average Bonchev–Trinajstić information content (AvgIpc) is 2.92. The molecule has 1 amide bonds. The molecule has 1 aliphatic heterocycles. The third kappa shape index (κ3) is 4.31. The Morgan fingerprint density at radius 1 is 1.45 bits per heavy atom. The van der Waals surface area contributed by atoms with Crippen LogP contribution in [-0.2, 0) is 22.6 Å². The van der Waals surface area contributed by atoms with Crippen molar-refractivity contribution < 1.29 is 9.53 Å². The summed E-state index contributed by atoms with van der Waals surface area (Å²) < 4.78 is 7.39. The van der Waals surface area contributed by atoms with Gasteiger partial charge in [0.25, 0.3) is 0 Å². The van der Waals surface area contributed by atoms with Gasteiger partial charge in [0.05, 0.1) is 19.8 Å². The predicted octanol–water partition coefficient (Wildman–Crippen LogP) is 0.632. The fourth-order valence-electron chi connectivity index (χ4n) is 2.32. The highest BCUT2D eigenvalue weighted by Gasteiger charge is 2.15. The fraction of sp³-hybridized carbons (Fsp3) is 0.714. The molecule has 20 heavy (non-hydrogen) atoms. The molecule has 0 bridgehead atoms. The summed E-state index contributed by atoms with van der Waals surface area (Å²) >= 11 is 0. The normalized spacial score (nSPS) is 15.6. The van der Waals surface area contributed by atoms with Gasteiger partial charge in [-0.25, -0.2) is 4.98 Å². The Kier molecular flexibility index (Phi) is 6.01. The Hall–Kier alpha value is -1.40. The van der Waals surface area contributed by atoms with Crippen LogP contribution in [0.1, 0.15) is 25.6 Å². The maximum Gasteiger partial charge on any atom is 0.224 e. The first-order chi connectivity index (χ1) is 9.81. The molecule has 1 aromatic heterocycles. The topological polar surface area (TPSA) is 59.4 Å². The number of carbonyl (C=O) groups is 1. The van der Waals surface area contributed by atoms with Crippen molar-refractivity contribution in [1.29, 1.82) is 0 Å². The van der Waals surface area contributed by atoms with Crippen LogP contribution >= 0.6 is 0 Å². The Balaban J connectivity index is 1.65. The lowest BCUT2D eigenvalue weighted by atomic mass is 10.3. The smallest absolute Gasteiger partial charge is 0.224 e. The molecule has 0 saturated carbocycles. The Bertz CT molecular complexity index is 413. The second-order valence-corrected chi connectivity index (χ2v) is 4.96. The van der Waals surface area contributed by atoms with Crippen molar-refractivity contribution in [1.82, 2.24) is 19.8 Å². The summed E-state index contributed by atoms with van der Waals surface area (Å²) in [4.78, 5) is 18.1. The molecule has 0 unspecified atom stereocenters. The van der Waals surface area contributed by atoms with Gasteiger partial charge in [-0.2, -0.15) is 0 Å². The molecule has 0 aromatic carbocycles. The van der Waals surface area contributed by atoms with E-state index in [0.717, 1.165) is 31.9 Å². The van der Waals surface area contributed by atoms with Gasteiger partial charge >= 0.3 is 0 Å². The van der Waals surface area contributed by atoms with Gasteiger partial charge in [-0.3, -0.25) is 4.79 Å². The predicted molar refractivity (Wildman–Crippen MR) is 76.2 cm³/mol. The summed E-state index contributed by atoms with van der Waals surface area (Å²) in [7, 11) is 0. The molecule has 112 valence electrons. The van der Waals surface area contributed by atoms with Crippen molar-refractivity contribution in [2.75, 3.05) is 32.8 Å². The van der Waals surface area contributed by atoms with E-state index in [1.807, 2.05) is 17.3 Å². The molecule has 2 heterocycles. The number of ether oxygens (including phenoxy) is 1. The first kappa shape index (κ1) is 15.0. The van der Waals surface area contributed by atoms with E-state index in [4.69, 9.17) is 4.74 Å². The van der Waals surface area contributed by atoms with Gasteiger partial charge in [-0.15, -0.1) is 0 Å². The molecule has 0 spiro atoms. The molecule has 1 fully saturated rings. The Morgan fingerprint density at radius 2 is 2.25 bits per heavy atom. The molecule has 2 rings (SSSR count). The van der Waals surface area contributed by atoms with Crippen LogP contribution in [0.2, 0.25) is 0 Å². The maximum atomic E-state index is 11.9. The van der Waals surface area contributed by atoms with Crippen molar-refractivity contribution in [2.24, 2.45) is 0 Å². The van der Waals surface area contributed by atoms with Crippen molar-refractivity contribution >= 4 is 5.91 Å². The van der Waals surface area contributed by atoms with Gasteiger partial charge in [0.2, 0.25) is 5.91 Å². The van der Waals surface area contributed by atoms with E-state index in [-0.39, 0.29) is 5.91 Å². The summed E-state index contributed by atoms with van der Waals surface area (Å²) in [6, 6.07) is 0. The number of amides is 1. The van der Waals surface area contributed by atoms with E-state index in [9.17, 15) is 4.79 Å². The first-order valence-electron chi connectivity index (χ1n) is 7.37. The van der Waals surface area contributed by atoms with Gasteiger partial charge in [0, 0.05) is 45.0 Å². The molecule has 0 aliphatic carbocycles. The lowest BCUT2D eigenvalue weighted by Gasteiger charge is -2.26. The zero-order valence-corrected chi connectivity index (χ0v) is 12.2. The van der Waals surface area contributed by atoms with Gasteiger partial charge in [0.15, 0.2) is 0 Å². The molecule has 6 heteroatoms. The van der Waals surface area contributed by atoms with Crippen LogP contribution in [0.15, 0.2) is 12.4 Å². The zero-order valence-electron chi connectivity index (χ0n) is 12.2. The molecular weight excluding hydrogens is 256 g/mol. The van der Waals surface area contributed by atoms with E-state index in [1.165, 1.54) is 0 Å². The average molecular weight is 280 g/mol. The van der Waals surface area contributed by atoms with Gasteiger partial charge in [-0.1, -0.05) is 6.92 Å². The van der Waals surface area contributed by atoms with Crippen LogP contribution in [0.25, 0.3) is 0 Å². The first-order valence-corrected chi connectivity index (χ1v) is 7.37. The zero-order chi connectivity index (χ0) is 14.2. The monoisotopic (exact) mass is 280 g/mol. The van der Waals surface area contributed by atoms with Crippen molar-refractivity contribution in [3.8, 4) is 0 Å². The van der Waals surface area contributed by atoms with Crippen molar-refractivity contribution in [3.63, 3.8) is 0 Å². The highest BCUT2D eigenvalue weighted by Crippen LogP contribution is 2.01. The number of hydrogen-bond donors (Lipinski definition) is 1. The lowest BCUT2D eigenvalue weighted by Crippen LogP contribution is -2.41. The highest BCUT2D eigenvalue weighted by molar-refractivity contribution is 5.76. The summed E-state index contributed by atoms with van der Waals surface area (Å²) in [5, 5.41) is 3.29. The number of rotatable bonds is 7. The molecule has 6 nitrogen and oxygen atoms in total. The third-order valence-corrected chi connectivity index (χ3v) is 3.43. The number of aromatic nitrogens is 2. The molecule has 1 N–H and O–H groups in total. The number of aryl methyl sites for hydroxylation is 1. The third-order valence-electron chi connectivity index (χ3n) is 3.43. The molecule has 1 saturated heterocycles. The second-order valence-electron chi connectivity index (χ2n) is 4.96. The number of carbonyl (C=O) groups excluding carboxylic acids is 1. The quantitative estimate of drug-likeness (QED) is 0.744. The number of imidazole rings is 1. The van der Waals surface area contributed by atoms with Crippen LogP contribution in [0.4, 0.5) is 0 Å². The van der Waals surface area contributed by atoms with E-state index >= 15 is 0 Å². The summed E-state index contributed by atoms with van der Waals surface area (Å²) in [5.41, 5.74) is 0. The number of nitrogens with zero attached hydrogens (tertiary/aromatic N) is 3. The van der Waals surface area contributed by atoms with E-state index in [2.05, 4.69) is 21.8 Å². The fourth-order valence-corrected chi connectivity index (χ4v) is 2.32. The van der Waals surface area contributed by atoms with E-state index in [0.29, 0.717) is 32.7 Å². The van der Waals surface area contributed by atoms with Gasteiger partial charge < -0.3 is 19.5 Å². The molecule has 1 aromatic rings. The summed E-state index contributed by atoms with van der Waals surface area (Å²) in [6.07, 6.45) is 5.46. The van der Waals surface area contributed by atoms with Crippen molar-refractivity contribution in [2.45, 2.75) is 32.9 Å². The summed E-state index contributed by atoms with van der Waals surface area (Å²) in [5.74, 6) is 1.24. The number of hydrogen-bond acceptors (Lipinski definition) is 4. The minimum absolute atomic E-state index is 0.206. The van der Waals surface area contributed by atoms with Crippen LogP contribution in [0.5, 0.6) is 0 Å². The molecular formula is C14H24N4O2. The van der Waals surface area contributed by atoms with Crippen LogP contribution in [-0.4, -0.2) is 53.2 Å². The highest BCUT2D eigenvalue weighted by atomic mass is 16.5. The number of morpholine rings is 1. The lowest BCUT2D eigenvalue weighted by molar-refractivity contribution is -0.135. The molecule has 1 aliphatic rings. The van der Waals surface area contributed by atoms with Crippen LogP contribution in [0.3, 0.4) is 0 Å². The Morgan fingerprint density at radius 3 is 3.00 bits per heavy atom. The number of nitrogens with one attached hydrogen (secondary N) is 1. The maximum absolute atomic E-state index is 11.9. The van der Waals surface area contributed by atoms with Gasteiger partial charge in [0.1, 0.15) is 5.82 Å². The molecule has 0 radical (unpaired) electrons. The van der Waals surface area contributed by atoms with Crippen molar-refractivity contribution in [3.05, 3.63) is 18.2 Å². The minimum atomic E-state index is 0.206. The molecule has 0 atom stereocenters. The standard InChI is InChI=1S/C14H24N4O2/c1-2-6-17-7-5-16-13(17)12-15-4-3-14(19)18-8-10-20-11-9-18/h5,7,15H,2-4,6,8-12H2,1H3. The largest absolute Gasteiger partial charge is 0.378 e. The van der Waals surface area contributed by atoms with E-state index < -0.39 is 0 Å². The SMILES string of the molecule is CCCn1ccnc1CNCCC(=O)N1CCOCC1. The Labute approximate surface area is 120 Å². The van der Waals surface area contributed by atoms with Crippen LogP contribution < -0.4 is 5.32 Å². The van der Waals surface area contributed by atoms with Gasteiger partial charge in [-0.05, 0) is 6.42 Å². The second kappa shape index (κ2) is 8.01. The van der Waals surface area contributed by atoms with E-state index in [1.54, 1.807) is 0 Å².